The molecule has 0 N–H and O–H groups in total. The van der Waals surface area contributed by atoms with Crippen molar-refractivity contribution in [1.29, 1.82) is 0 Å². The molecule has 2 aromatic carbocycles. The van der Waals surface area contributed by atoms with Crippen LogP contribution in [0, 0.1) is 0 Å². The molecule has 0 aliphatic rings. The van der Waals surface area contributed by atoms with Gasteiger partial charge in [0, 0.05) is 28.7 Å². The van der Waals surface area contributed by atoms with Crippen molar-refractivity contribution in [3.8, 4) is 17.2 Å². The van der Waals surface area contributed by atoms with E-state index in [1.54, 1.807) is 48.5 Å². The zero-order valence-corrected chi connectivity index (χ0v) is 19.5. The maximum atomic E-state index is 14.6. The number of pyridine rings is 1. The Morgan fingerprint density at radius 3 is 2.53 bits per heavy atom. The van der Waals surface area contributed by atoms with Crippen LogP contribution < -0.4 is 4.74 Å². The highest BCUT2D eigenvalue weighted by atomic mass is 35.5. The van der Waals surface area contributed by atoms with Crippen molar-refractivity contribution in [3.63, 3.8) is 0 Å². The van der Waals surface area contributed by atoms with E-state index in [-0.39, 0.29) is 23.2 Å². The minimum absolute atomic E-state index is 0.0678. The lowest BCUT2D eigenvalue weighted by Gasteiger charge is -2.14. The van der Waals surface area contributed by atoms with Gasteiger partial charge in [-0.1, -0.05) is 29.8 Å². The number of rotatable bonds is 6. The molecule has 0 aliphatic heterocycles. The summed E-state index contributed by atoms with van der Waals surface area (Å²) in [5.74, 6) is -1.02. The number of hydrogen-bond acceptors (Lipinski definition) is 5. The average molecular weight is 512 g/mol. The molecule has 0 saturated heterocycles. The molecular formula is C26H17ClF3N3O3. The maximum absolute atomic E-state index is 14.6. The zero-order chi connectivity index (χ0) is 25.4. The number of carbonyl (C=O) groups is 1. The van der Waals surface area contributed by atoms with Crippen LogP contribution in [-0.4, -0.2) is 27.4 Å². The van der Waals surface area contributed by atoms with Gasteiger partial charge in [-0.2, -0.15) is 13.2 Å². The minimum Gasteiger partial charge on any atom is -0.497 e. The zero-order valence-electron chi connectivity index (χ0n) is 18.7. The molecular weight excluding hydrogens is 495 g/mol. The first-order valence-corrected chi connectivity index (χ1v) is 11.1. The molecule has 0 spiro atoms. The van der Waals surface area contributed by atoms with Crippen LogP contribution in [0.15, 0.2) is 77.5 Å². The molecule has 5 rings (SSSR count). The van der Waals surface area contributed by atoms with Crippen LogP contribution in [0.4, 0.5) is 13.2 Å². The van der Waals surface area contributed by atoms with E-state index in [9.17, 15) is 18.0 Å². The standard InChI is InChI=1S/C26H17ClF3N3O3/c1-35-17-9-10-20-18(12-17)22(23(34)25-32-13-21(36-25)19-4-2-3-11-31-19)24(26(28,29)30)33(20)14-15-5-7-16(27)8-6-15/h2-13H,14H2,1H3. The van der Waals surface area contributed by atoms with Crippen molar-refractivity contribution in [2.45, 2.75) is 12.7 Å². The van der Waals surface area contributed by atoms with E-state index in [1.165, 1.54) is 31.6 Å². The number of oxazole rings is 1. The third-order valence-electron chi connectivity index (χ3n) is 5.64. The molecule has 0 bridgehead atoms. The Morgan fingerprint density at radius 1 is 1.08 bits per heavy atom. The van der Waals surface area contributed by atoms with E-state index in [2.05, 4.69) is 9.97 Å². The monoisotopic (exact) mass is 511 g/mol. The Bertz CT molecular complexity index is 1560. The molecule has 3 aromatic heterocycles. The summed E-state index contributed by atoms with van der Waals surface area (Å²) in [5, 5.41) is 0.526. The Labute approximate surface area is 207 Å². The number of alkyl halides is 3. The van der Waals surface area contributed by atoms with Gasteiger partial charge >= 0.3 is 6.18 Å². The number of hydrogen-bond donors (Lipinski definition) is 0. The molecule has 0 unspecified atom stereocenters. The number of fused-ring (bicyclic) bond motifs is 1. The van der Waals surface area contributed by atoms with E-state index in [1.807, 2.05) is 0 Å². The molecule has 0 amide bonds. The van der Waals surface area contributed by atoms with Gasteiger partial charge in [0.1, 0.15) is 17.1 Å². The summed E-state index contributed by atoms with van der Waals surface area (Å²) in [6.45, 7) is -0.146. The van der Waals surface area contributed by atoms with E-state index in [0.29, 0.717) is 22.0 Å². The quantitative estimate of drug-likeness (QED) is 0.239. The van der Waals surface area contributed by atoms with Crippen LogP contribution in [0.3, 0.4) is 0 Å². The Morgan fingerprint density at radius 2 is 1.86 bits per heavy atom. The van der Waals surface area contributed by atoms with Gasteiger partial charge in [0.25, 0.3) is 11.7 Å². The fourth-order valence-electron chi connectivity index (χ4n) is 4.03. The summed E-state index contributed by atoms with van der Waals surface area (Å²) < 4.78 is 55.5. The lowest BCUT2D eigenvalue weighted by Crippen LogP contribution is -2.18. The summed E-state index contributed by atoms with van der Waals surface area (Å²) >= 11 is 5.94. The first-order valence-electron chi connectivity index (χ1n) is 10.7. The summed E-state index contributed by atoms with van der Waals surface area (Å²) in [4.78, 5) is 21.6. The number of ether oxygens (including phenoxy) is 1. The third kappa shape index (κ3) is 4.33. The van der Waals surface area contributed by atoms with E-state index in [4.69, 9.17) is 20.8 Å². The first-order chi connectivity index (χ1) is 17.3. The lowest BCUT2D eigenvalue weighted by molar-refractivity contribution is -0.143. The van der Waals surface area contributed by atoms with Crippen LogP contribution in [0.2, 0.25) is 5.02 Å². The molecule has 0 fully saturated rings. The number of methoxy groups -OCH3 is 1. The molecule has 0 atom stereocenters. The van der Waals surface area contributed by atoms with Crippen molar-refractivity contribution in [3.05, 3.63) is 101 Å². The van der Waals surface area contributed by atoms with Gasteiger partial charge in [-0.15, -0.1) is 0 Å². The van der Waals surface area contributed by atoms with Gasteiger partial charge in [-0.3, -0.25) is 9.78 Å². The number of carbonyl (C=O) groups excluding carboxylic acids is 1. The Balaban J connectivity index is 1.71. The second-order valence-electron chi connectivity index (χ2n) is 7.89. The lowest BCUT2D eigenvalue weighted by atomic mass is 10.1. The fourth-order valence-corrected chi connectivity index (χ4v) is 4.16. The highest BCUT2D eigenvalue weighted by Crippen LogP contribution is 2.41. The predicted octanol–water partition coefficient (Wildman–Crippen LogP) is 6.65. The molecule has 10 heteroatoms. The van der Waals surface area contributed by atoms with E-state index < -0.39 is 29.1 Å². The number of ketones is 1. The van der Waals surface area contributed by atoms with Crippen LogP contribution in [0.5, 0.6) is 5.75 Å². The van der Waals surface area contributed by atoms with Crippen LogP contribution in [-0.2, 0) is 12.7 Å². The third-order valence-corrected chi connectivity index (χ3v) is 5.89. The molecule has 0 saturated carbocycles. The van der Waals surface area contributed by atoms with Crippen LogP contribution in [0.1, 0.15) is 27.5 Å². The normalized spacial score (nSPS) is 11.7. The van der Waals surface area contributed by atoms with Crippen molar-refractivity contribution < 1.29 is 27.1 Å². The van der Waals surface area contributed by atoms with Crippen molar-refractivity contribution in [1.82, 2.24) is 14.5 Å². The first kappa shape index (κ1) is 23.6. The van der Waals surface area contributed by atoms with Crippen molar-refractivity contribution in [2.24, 2.45) is 0 Å². The minimum atomic E-state index is -4.86. The molecule has 5 aromatic rings. The molecule has 0 radical (unpaired) electrons. The Hall–Kier alpha value is -4.11. The number of benzene rings is 2. The highest BCUT2D eigenvalue weighted by molar-refractivity contribution is 6.30. The van der Waals surface area contributed by atoms with Crippen molar-refractivity contribution >= 4 is 28.3 Å². The average Bonchev–Trinajstić information content (AvgIpc) is 3.49. The second kappa shape index (κ2) is 9.16. The molecule has 36 heavy (non-hydrogen) atoms. The van der Waals surface area contributed by atoms with Crippen LogP contribution >= 0.6 is 11.6 Å². The molecule has 3 heterocycles. The van der Waals surface area contributed by atoms with Gasteiger partial charge in [0.05, 0.1) is 18.9 Å². The largest absolute Gasteiger partial charge is 0.497 e. The second-order valence-corrected chi connectivity index (χ2v) is 8.33. The SMILES string of the molecule is COc1ccc2c(c1)c(C(=O)c1ncc(-c3ccccn3)o1)c(C(F)(F)F)n2Cc1ccc(Cl)cc1. The van der Waals surface area contributed by atoms with Gasteiger partial charge in [0.15, 0.2) is 5.76 Å². The highest BCUT2D eigenvalue weighted by Gasteiger charge is 2.42. The number of nitrogens with zero attached hydrogens (tertiary/aromatic N) is 3. The summed E-state index contributed by atoms with van der Waals surface area (Å²) in [6, 6.07) is 15.9. The maximum Gasteiger partial charge on any atom is 0.432 e. The topological polar surface area (TPSA) is 70.2 Å². The van der Waals surface area contributed by atoms with Gasteiger partial charge in [-0.05, 0) is 48.0 Å². The summed E-state index contributed by atoms with van der Waals surface area (Å²) in [7, 11) is 1.39. The molecule has 6 nitrogen and oxygen atoms in total. The van der Waals surface area contributed by atoms with Gasteiger partial charge in [0.2, 0.25) is 0 Å². The van der Waals surface area contributed by atoms with E-state index in [0.717, 1.165) is 4.57 Å². The van der Waals surface area contributed by atoms with Crippen LogP contribution in [0.25, 0.3) is 22.4 Å². The Kier molecular flexibility index (Phi) is 6.01. The van der Waals surface area contributed by atoms with E-state index >= 15 is 0 Å². The molecule has 182 valence electrons. The molecule has 0 aliphatic carbocycles. The van der Waals surface area contributed by atoms with Gasteiger partial charge in [-0.25, -0.2) is 4.98 Å². The van der Waals surface area contributed by atoms with Gasteiger partial charge < -0.3 is 13.7 Å². The summed E-state index contributed by atoms with van der Waals surface area (Å²) in [6.07, 6.45) is -2.08. The summed E-state index contributed by atoms with van der Waals surface area (Å²) in [5.41, 5.74) is -0.502. The predicted molar refractivity (Wildman–Crippen MR) is 127 cm³/mol. The number of halogens is 4. The van der Waals surface area contributed by atoms with Crippen molar-refractivity contribution in [2.75, 3.05) is 7.11 Å². The smallest absolute Gasteiger partial charge is 0.432 e. The fraction of sp³-hybridized carbons (Fsp3) is 0.115. The number of aromatic nitrogens is 3.